The molecule has 0 aliphatic rings. The Morgan fingerprint density at radius 2 is 2.00 bits per heavy atom. The largest absolute Gasteiger partial charge is 0.354 e. The summed E-state index contributed by atoms with van der Waals surface area (Å²) in [6, 6.07) is 14.4. The molecule has 1 amide bonds. The van der Waals surface area contributed by atoms with Gasteiger partial charge in [-0.2, -0.15) is 0 Å². The van der Waals surface area contributed by atoms with Crippen molar-refractivity contribution in [3.8, 4) is 0 Å². The van der Waals surface area contributed by atoms with Crippen LogP contribution in [0.1, 0.15) is 5.56 Å². The van der Waals surface area contributed by atoms with E-state index in [2.05, 4.69) is 15.6 Å². The summed E-state index contributed by atoms with van der Waals surface area (Å²) < 4.78 is 1.07. The monoisotopic (exact) mass is 342 g/mol. The number of benzene rings is 2. The van der Waals surface area contributed by atoms with Crippen LogP contribution in [-0.4, -0.2) is 27.4 Å². The second kappa shape index (κ2) is 7.23. The van der Waals surface area contributed by atoms with Crippen molar-refractivity contribution < 1.29 is 4.79 Å². The lowest BCUT2D eigenvalue weighted by Gasteiger charge is -2.07. The first-order chi connectivity index (χ1) is 11.6. The highest BCUT2D eigenvalue weighted by Gasteiger charge is 2.09. The van der Waals surface area contributed by atoms with Gasteiger partial charge in [-0.25, -0.2) is 4.68 Å². The van der Waals surface area contributed by atoms with Gasteiger partial charge in [0.15, 0.2) is 0 Å². The van der Waals surface area contributed by atoms with Crippen molar-refractivity contribution in [3.05, 3.63) is 69.5 Å². The highest BCUT2D eigenvalue weighted by atomic mass is 35.5. The Labute approximate surface area is 143 Å². The summed E-state index contributed by atoms with van der Waals surface area (Å²) in [6.07, 6.45) is 0.657. The fraction of sp³-hybridized carbons (Fsp3) is 0.176. The van der Waals surface area contributed by atoms with Crippen LogP contribution >= 0.6 is 11.6 Å². The lowest BCUT2D eigenvalue weighted by Crippen LogP contribution is -2.35. The van der Waals surface area contributed by atoms with Gasteiger partial charge in [-0.05, 0) is 36.2 Å². The van der Waals surface area contributed by atoms with Crippen LogP contribution in [0.4, 0.5) is 0 Å². The molecule has 1 aromatic heterocycles. The van der Waals surface area contributed by atoms with Crippen LogP contribution in [0.3, 0.4) is 0 Å². The van der Waals surface area contributed by atoms with Crippen molar-refractivity contribution in [2.45, 2.75) is 13.0 Å². The van der Waals surface area contributed by atoms with E-state index in [9.17, 15) is 9.59 Å². The molecule has 2 aromatic carbocycles. The molecule has 3 aromatic rings. The van der Waals surface area contributed by atoms with E-state index >= 15 is 0 Å². The number of amides is 1. The van der Waals surface area contributed by atoms with Crippen molar-refractivity contribution in [3.63, 3.8) is 0 Å². The molecule has 0 aliphatic carbocycles. The summed E-state index contributed by atoms with van der Waals surface area (Å²) in [5, 5.41) is 11.6. The van der Waals surface area contributed by atoms with Gasteiger partial charge in [-0.15, -0.1) is 5.10 Å². The predicted molar refractivity (Wildman–Crippen MR) is 92.0 cm³/mol. The zero-order valence-electron chi connectivity index (χ0n) is 12.8. The number of aromatic nitrogens is 3. The number of rotatable bonds is 5. The minimum Gasteiger partial charge on any atom is -0.354 e. The fourth-order valence-corrected chi connectivity index (χ4v) is 2.57. The molecule has 0 unspecified atom stereocenters. The van der Waals surface area contributed by atoms with Crippen LogP contribution < -0.4 is 10.9 Å². The van der Waals surface area contributed by atoms with E-state index in [4.69, 9.17) is 11.6 Å². The highest BCUT2D eigenvalue weighted by Crippen LogP contribution is 2.10. The maximum absolute atomic E-state index is 12.3. The van der Waals surface area contributed by atoms with Crippen LogP contribution in [0, 0.1) is 0 Å². The molecule has 6 nitrogen and oxygen atoms in total. The average Bonchev–Trinajstić information content (AvgIpc) is 2.58. The van der Waals surface area contributed by atoms with Crippen LogP contribution in [0.25, 0.3) is 10.9 Å². The summed E-state index contributed by atoms with van der Waals surface area (Å²) in [7, 11) is 0. The van der Waals surface area contributed by atoms with E-state index < -0.39 is 0 Å². The summed E-state index contributed by atoms with van der Waals surface area (Å²) in [5.74, 6) is -0.288. The minimum absolute atomic E-state index is 0.161. The van der Waals surface area contributed by atoms with Gasteiger partial charge in [-0.1, -0.05) is 41.1 Å². The third-order valence-electron chi connectivity index (χ3n) is 3.55. The summed E-state index contributed by atoms with van der Waals surface area (Å²) in [5.41, 5.74) is 1.22. The van der Waals surface area contributed by atoms with Crippen molar-refractivity contribution in [2.24, 2.45) is 0 Å². The number of carbonyl (C=O) groups is 1. The number of hydrogen-bond acceptors (Lipinski definition) is 4. The molecule has 0 fully saturated rings. The Kier molecular flexibility index (Phi) is 4.86. The van der Waals surface area contributed by atoms with Gasteiger partial charge >= 0.3 is 0 Å². The molecule has 0 spiro atoms. The second-order valence-electron chi connectivity index (χ2n) is 5.30. The molecule has 1 N–H and O–H groups in total. The Balaban J connectivity index is 1.61. The lowest BCUT2D eigenvalue weighted by molar-refractivity contribution is -0.121. The van der Waals surface area contributed by atoms with E-state index in [0.29, 0.717) is 28.9 Å². The normalized spacial score (nSPS) is 10.7. The molecular weight excluding hydrogens is 328 g/mol. The fourth-order valence-electron chi connectivity index (χ4n) is 2.36. The molecule has 3 rings (SSSR count). The molecule has 0 saturated carbocycles. The minimum atomic E-state index is -0.328. The number of hydrogen-bond donors (Lipinski definition) is 1. The number of carbonyl (C=O) groups excluding carboxylic acids is 1. The van der Waals surface area contributed by atoms with Crippen LogP contribution in [0.5, 0.6) is 0 Å². The number of nitrogens with one attached hydrogen (secondary N) is 1. The van der Waals surface area contributed by atoms with E-state index in [-0.39, 0.29) is 18.0 Å². The SMILES string of the molecule is O=C(Cn1nnc2ccccc2c1=O)NCCc1cccc(Cl)c1. The van der Waals surface area contributed by atoms with Gasteiger partial charge in [0.05, 0.1) is 5.39 Å². The lowest BCUT2D eigenvalue weighted by atomic mass is 10.1. The summed E-state index contributed by atoms with van der Waals surface area (Å²) in [4.78, 5) is 24.3. The standard InChI is InChI=1S/C17H15ClN4O2/c18-13-5-3-4-12(10-13)8-9-19-16(23)11-22-17(24)14-6-1-2-7-15(14)20-21-22/h1-7,10H,8-9,11H2,(H,19,23). The molecule has 122 valence electrons. The number of fused-ring (bicyclic) bond motifs is 1. The van der Waals surface area contributed by atoms with Gasteiger partial charge in [-0.3, -0.25) is 9.59 Å². The maximum atomic E-state index is 12.3. The zero-order chi connectivity index (χ0) is 16.9. The molecule has 0 bridgehead atoms. The molecule has 24 heavy (non-hydrogen) atoms. The second-order valence-corrected chi connectivity index (χ2v) is 5.74. The quantitative estimate of drug-likeness (QED) is 0.767. The maximum Gasteiger partial charge on any atom is 0.278 e. The Hall–Kier alpha value is -2.73. The Bertz CT molecular complexity index is 939. The third kappa shape index (κ3) is 3.78. The van der Waals surface area contributed by atoms with Gasteiger partial charge < -0.3 is 5.32 Å². The van der Waals surface area contributed by atoms with E-state index in [0.717, 1.165) is 10.2 Å². The molecular formula is C17H15ClN4O2. The van der Waals surface area contributed by atoms with Gasteiger partial charge in [0, 0.05) is 11.6 Å². The van der Waals surface area contributed by atoms with E-state index in [1.165, 1.54) is 0 Å². The van der Waals surface area contributed by atoms with Crippen molar-refractivity contribution in [1.29, 1.82) is 0 Å². The average molecular weight is 343 g/mol. The van der Waals surface area contributed by atoms with Crippen molar-refractivity contribution in [2.75, 3.05) is 6.54 Å². The van der Waals surface area contributed by atoms with Gasteiger partial charge in [0.25, 0.3) is 5.56 Å². The highest BCUT2D eigenvalue weighted by molar-refractivity contribution is 6.30. The molecule has 0 aliphatic heterocycles. The van der Waals surface area contributed by atoms with E-state index in [1.54, 1.807) is 30.3 Å². The van der Waals surface area contributed by atoms with Gasteiger partial charge in [0.1, 0.15) is 12.1 Å². The van der Waals surface area contributed by atoms with Crippen molar-refractivity contribution >= 4 is 28.4 Å². The van der Waals surface area contributed by atoms with Gasteiger partial charge in [0.2, 0.25) is 5.91 Å². The first kappa shape index (κ1) is 16.1. The number of halogens is 1. The Morgan fingerprint density at radius 1 is 1.17 bits per heavy atom. The summed E-state index contributed by atoms with van der Waals surface area (Å²) in [6.45, 7) is 0.293. The number of nitrogens with zero attached hydrogens (tertiary/aromatic N) is 3. The van der Waals surface area contributed by atoms with E-state index in [1.807, 2.05) is 18.2 Å². The molecule has 0 atom stereocenters. The first-order valence-electron chi connectivity index (χ1n) is 7.47. The zero-order valence-corrected chi connectivity index (χ0v) is 13.5. The topological polar surface area (TPSA) is 76.9 Å². The summed E-state index contributed by atoms with van der Waals surface area (Å²) >= 11 is 5.92. The van der Waals surface area contributed by atoms with Crippen LogP contribution in [-0.2, 0) is 17.8 Å². The molecule has 7 heteroatoms. The smallest absolute Gasteiger partial charge is 0.278 e. The van der Waals surface area contributed by atoms with Crippen LogP contribution in [0.2, 0.25) is 5.02 Å². The van der Waals surface area contributed by atoms with Crippen LogP contribution in [0.15, 0.2) is 53.3 Å². The third-order valence-corrected chi connectivity index (χ3v) is 3.78. The van der Waals surface area contributed by atoms with Crippen molar-refractivity contribution in [1.82, 2.24) is 20.3 Å². The molecule has 1 heterocycles. The predicted octanol–water partition coefficient (Wildman–Crippen LogP) is 1.80. The first-order valence-corrected chi connectivity index (χ1v) is 7.85. The molecule has 0 saturated heterocycles. The molecule has 0 radical (unpaired) electrons. The Morgan fingerprint density at radius 3 is 2.83 bits per heavy atom.